The number of aryl methyl sites for hydroxylation is 1. The average Bonchev–Trinajstić information content (AvgIpc) is 3.30. The number of carbonyl (C=O) groups is 2. The summed E-state index contributed by atoms with van der Waals surface area (Å²) in [5, 5.41) is 6.84. The molecule has 0 bridgehead atoms. The molecular formula is C25H34N8O3S. The Kier molecular flexibility index (Phi) is 8.98. The van der Waals surface area contributed by atoms with Crippen LogP contribution < -0.4 is 15.5 Å². The zero-order valence-corrected chi connectivity index (χ0v) is 23.1. The van der Waals surface area contributed by atoms with Gasteiger partial charge >= 0.3 is 6.09 Å². The summed E-state index contributed by atoms with van der Waals surface area (Å²) in [6.07, 6.45) is 4.77. The molecule has 0 saturated carbocycles. The van der Waals surface area contributed by atoms with E-state index < -0.39 is 17.7 Å². The molecule has 3 aromatic rings. The zero-order valence-electron chi connectivity index (χ0n) is 22.3. The number of nitrogens with zero attached hydrogens (tertiary/aromatic N) is 6. The van der Waals surface area contributed by atoms with Crippen molar-refractivity contribution in [2.45, 2.75) is 46.3 Å². The first-order valence-corrected chi connectivity index (χ1v) is 12.7. The first-order chi connectivity index (χ1) is 17.4. The van der Waals surface area contributed by atoms with E-state index in [1.54, 1.807) is 47.1 Å². The normalized spacial score (nSPS) is 12.0. The van der Waals surface area contributed by atoms with Crippen LogP contribution in [-0.4, -0.2) is 75.7 Å². The molecule has 37 heavy (non-hydrogen) atoms. The number of rotatable bonds is 9. The maximum absolute atomic E-state index is 12.6. The molecule has 0 aliphatic carbocycles. The molecule has 11 nitrogen and oxygen atoms in total. The molecule has 0 unspecified atom stereocenters. The second-order valence-electron chi connectivity index (χ2n) is 9.53. The van der Waals surface area contributed by atoms with E-state index >= 15 is 0 Å². The Hall–Kier alpha value is -3.80. The van der Waals surface area contributed by atoms with E-state index in [4.69, 9.17) is 4.74 Å². The minimum Gasteiger partial charge on any atom is -0.444 e. The summed E-state index contributed by atoms with van der Waals surface area (Å²) in [7, 11) is 3.43. The van der Waals surface area contributed by atoms with Gasteiger partial charge in [-0.25, -0.2) is 19.7 Å². The van der Waals surface area contributed by atoms with Crippen LogP contribution in [0.1, 0.15) is 33.5 Å². The van der Waals surface area contributed by atoms with Crippen LogP contribution in [0.15, 0.2) is 36.8 Å². The van der Waals surface area contributed by atoms with Gasteiger partial charge in [-0.15, -0.1) is 0 Å². The topological polar surface area (TPSA) is 125 Å². The maximum atomic E-state index is 12.6. The lowest BCUT2D eigenvalue weighted by Crippen LogP contribution is -2.48. The van der Waals surface area contributed by atoms with E-state index in [1.165, 1.54) is 16.2 Å². The van der Waals surface area contributed by atoms with Gasteiger partial charge in [0.2, 0.25) is 5.91 Å². The van der Waals surface area contributed by atoms with Crippen molar-refractivity contribution < 1.29 is 14.3 Å². The molecule has 0 aromatic carbocycles. The van der Waals surface area contributed by atoms with Crippen molar-refractivity contribution in [2.24, 2.45) is 0 Å². The first-order valence-electron chi connectivity index (χ1n) is 11.9. The van der Waals surface area contributed by atoms with Crippen LogP contribution in [0, 0.1) is 6.92 Å². The van der Waals surface area contributed by atoms with Gasteiger partial charge in [-0.3, -0.25) is 14.7 Å². The minimum atomic E-state index is -0.674. The molecule has 2 amide bonds. The summed E-state index contributed by atoms with van der Waals surface area (Å²) in [5.41, 5.74) is 0.420. The average molecular weight is 527 g/mol. The van der Waals surface area contributed by atoms with Crippen LogP contribution in [0.5, 0.6) is 0 Å². The molecule has 0 spiro atoms. The third-order valence-electron chi connectivity index (χ3n) is 5.31. The van der Waals surface area contributed by atoms with Gasteiger partial charge in [0.25, 0.3) is 0 Å². The second-order valence-corrected chi connectivity index (χ2v) is 10.6. The number of hydrogen-bond donors (Lipinski definition) is 2. The third kappa shape index (κ3) is 8.10. The SMILES string of the molecule is Cc1nc(Nc2ncc(-c3ccncc3)s2)cc(N(C)CCNC(=O)[C@H](C)N(C)C(=O)OC(C)(C)C)n1. The van der Waals surface area contributed by atoms with E-state index in [0.717, 1.165) is 10.4 Å². The Morgan fingerprint density at radius 3 is 2.54 bits per heavy atom. The van der Waals surface area contributed by atoms with E-state index in [-0.39, 0.29) is 5.91 Å². The predicted molar refractivity (Wildman–Crippen MR) is 145 cm³/mol. The number of anilines is 3. The molecular weight excluding hydrogens is 492 g/mol. The van der Waals surface area contributed by atoms with E-state index in [9.17, 15) is 9.59 Å². The highest BCUT2D eigenvalue weighted by atomic mass is 32.1. The summed E-state index contributed by atoms with van der Waals surface area (Å²) < 4.78 is 5.33. The van der Waals surface area contributed by atoms with Crippen LogP contribution in [0.25, 0.3) is 10.4 Å². The third-order valence-corrected chi connectivity index (χ3v) is 6.27. The first kappa shape index (κ1) is 27.8. The molecule has 0 aliphatic heterocycles. The Labute approximate surface area is 221 Å². The Balaban J connectivity index is 1.55. The molecule has 0 fully saturated rings. The van der Waals surface area contributed by atoms with Gasteiger partial charge in [-0.05, 0) is 52.3 Å². The molecule has 3 aromatic heterocycles. The van der Waals surface area contributed by atoms with Crippen LogP contribution in [0.4, 0.5) is 21.6 Å². The quantitative estimate of drug-likeness (QED) is 0.427. The number of hydrogen-bond acceptors (Lipinski definition) is 10. The molecule has 0 saturated heterocycles. The molecule has 0 aliphatic rings. The van der Waals surface area contributed by atoms with E-state index in [1.807, 2.05) is 43.3 Å². The summed E-state index contributed by atoms with van der Waals surface area (Å²) in [6.45, 7) is 9.71. The Bertz CT molecular complexity index is 1210. The van der Waals surface area contributed by atoms with Gasteiger partial charge < -0.3 is 20.3 Å². The van der Waals surface area contributed by atoms with Crippen LogP contribution in [0.3, 0.4) is 0 Å². The highest BCUT2D eigenvalue weighted by Gasteiger charge is 2.26. The van der Waals surface area contributed by atoms with Crippen LogP contribution >= 0.6 is 11.3 Å². The largest absolute Gasteiger partial charge is 0.444 e. The summed E-state index contributed by atoms with van der Waals surface area (Å²) in [5.74, 6) is 1.67. The zero-order chi connectivity index (χ0) is 27.2. The van der Waals surface area contributed by atoms with Crippen molar-refractivity contribution >= 4 is 40.1 Å². The smallest absolute Gasteiger partial charge is 0.410 e. The summed E-state index contributed by atoms with van der Waals surface area (Å²) in [6, 6.07) is 5.04. The number of amides is 2. The fourth-order valence-corrected chi connectivity index (χ4v) is 4.01. The van der Waals surface area contributed by atoms with Gasteiger partial charge in [-0.1, -0.05) is 11.3 Å². The van der Waals surface area contributed by atoms with Crippen LogP contribution in [-0.2, 0) is 9.53 Å². The van der Waals surface area contributed by atoms with Crippen molar-refractivity contribution in [2.75, 3.05) is 37.4 Å². The van der Waals surface area contributed by atoms with Gasteiger partial charge in [0, 0.05) is 51.8 Å². The number of carbonyl (C=O) groups excluding carboxylic acids is 2. The lowest BCUT2D eigenvalue weighted by Gasteiger charge is -2.28. The fourth-order valence-electron chi connectivity index (χ4n) is 3.18. The number of aromatic nitrogens is 4. The monoisotopic (exact) mass is 526 g/mol. The van der Waals surface area contributed by atoms with Gasteiger partial charge in [0.15, 0.2) is 5.13 Å². The lowest BCUT2D eigenvalue weighted by molar-refractivity contribution is -0.125. The highest BCUT2D eigenvalue weighted by molar-refractivity contribution is 7.18. The number of nitrogens with one attached hydrogen (secondary N) is 2. The van der Waals surface area contributed by atoms with Crippen LogP contribution in [0.2, 0.25) is 0 Å². The maximum Gasteiger partial charge on any atom is 0.410 e. The molecule has 3 rings (SSSR count). The molecule has 2 N–H and O–H groups in total. The highest BCUT2D eigenvalue weighted by Crippen LogP contribution is 2.30. The second kappa shape index (κ2) is 12.0. The number of thiazole rings is 1. The molecule has 198 valence electrons. The fraction of sp³-hybridized carbons (Fsp3) is 0.440. The Morgan fingerprint density at radius 2 is 1.86 bits per heavy atom. The number of pyridine rings is 1. The molecule has 0 radical (unpaired) electrons. The lowest BCUT2D eigenvalue weighted by atomic mass is 10.2. The van der Waals surface area contributed by atoms with E-state index in [0.29, 0.717) is 35.7 Å². The van der Waals surface area contributed by atoms with Crippen molar-refractivity contribution in [3.63, 3.8) is 0 Å². The predicted octanol–water partition coefficient (Wildman–Crippen LogP) is 3.85. The standard InChI is InChI=1S/C25H34N8O3S/c1-16(33(7)24(35)36-25(3,4)5)22(34)27-12-13-32(6)21-14-20(29-17(2)30-21)31-23-28-15-19(37-23)18-8-10-26-11-9-18/h8-11,14-16H,12-13H2,1-7H3,(H,27,34)(H,28,29,30,31)/t16-/m0/s1. The van der Waals surface area contributed by atoms with Crippen molar-refractivity contribution in [3.05, 3.63) is 42.6 Å². The summed E-state index contributed by atoms with van der Waals surface area (Å²) >= 11 is 1.52. The van der Waals surface area contributed by atoms with Crippen molar-refractivity contribution in [3.8, 4) is 10.4 Å². The van der Waals surface area contributed by atoms with Gasteiger partial charge in [-0.2, -0.15) is 0 Å². The van der Waals surface area contributed by atoms with Gasteiger partial charge in [0.1, 0.15) is 29.1 Å². The molecule has 3 heterocycles. The van der Waals surface area contributed by atoms with Crippen molar-refractivity contribution in [1.29, 1.82) is 0 Å². The molecule has 1 atom stereocenters. The summed E-state index contributed by atoms with van der Waals surface area (Å²) in [4.78, 5) is 46.5. The number of ether oxygens (including phenoxy) is 1. The van der Waals surface area contributed by atoms with Gasteiger partial charge in [0.05, 0.1) is 4.88 Å². The van der Waals surface area contributed by atoms with Crippen molar-refractivity contribution in [1.82, 2.24) is 30.2 Å². The Morgan fingerprint density at radius 1 is 1.16 bits per heavy atom. The minimum absolute atomic E-state index is 0.267. The number of likely N-dealkylation sites (N-methyl/N-ethyl adjacent to an activating group) is 2. The van der Waals surface area contributed by atoms with E-state index in [2.05, 4.69) is 30.6 Å². The molecule has 12 heteroatoms.